The van der Waals surface area contributed by atoms with Gasteiger partial charge in [0.15, 0.2) is 0 Å². The van der Waals surface area contributed by atoms with E-state index in [0.29, 0.717) is 18.5 Å². The van der Waals surface area contributed by atoms with Crippen molar-refractivity contribution >= 4 is 55.1 Å². The molecule has 1 fully saturated rings. The second kappa shape index (κ2) is 11.7. The van der Waals surface area contributed by atoms with Crippen LogP contribution >= 0.6 is 27.5 Å². The molecule has 1 heterocycles. The van der Waals surface area contributed by atoms with Crippen LogP contribution in [0.3, 0.4) is 0 Å². The number of halogens is 3. The highest BCUT2D eigenvalue weighted by molar-refractivity contribution is 9.10. The van der Waals surface area contributed by atoms with E-state index < -0.39 is 32.7 Å². The maximum atomic E-state index is 14.5. The molecule has 2 amide bonds. The SMILES string of the molecule is O=C(CCN(Cc1ccccc1)S(=O)(=O)c1ccc(Cl)cc1F)NC1CCN(c2cccc(Br)c2)C1=O. The Morgan fingerprint density at radius 1 is 1.11 bits per heavy atom. The largest absolute Gasteiger partial charge is 0.344 e. The van der Waals surface area contributed by atoms with Gasteiger partial charge in [0.1, 0.15) is 16.8 Å². The molecular formula is C26H24BrClFN3O4S. The van der Waals surface area contributed by atoms with E-state index in [1.807, 2.05) is 24.3 Å². The van der Waals surface area contributed by atoms with Crippen LogP contribution in [0.25, 0.3) is 0 Å². The molecule has 3 aromatic rings. The van der Waals surface area contributed by atoms with Gasteiger partial charge in [-0.25, -0.2) is 12.8 Å². The molecule has 0 radical (unpaired) electrons. The van der Waals surface area contributed by atoms with Gasteiger partial charge in [-0.15, -0.1) is 0 Å². The molecule has 0 aliphatic carbocycles. The summed E-state index contributed by atoms with van der Waals surface area (Å²) in [7, 11) is -4.29. The zero-order chi connectivity index (χ0) is 26.6. The zero-order valence-corrected chi connectivity index (χ0v) is 22.8. The van der Waals surface area contributed by atoms with E-state index in [9.17, 15) is 22.4 Å². The molecular weight excluding hydrogens is 585 g/mol. The summed E-state index contributed by atoms with van der Waals surface area (Å²) in [5.41, 5.74) is 1.40. The molecule has 4 rings (SSSR count). The molecule has 194 valence electrons. The lowest BCUT2D eigenvalue weighted by Gasteiger charge is -2.23. The number of anilines is 1. The van der Waals surface area contributed by atoms with Crippen LogP contribution < -0.4 is 10.2 Å². The lowest BCUT2D eigenvalue weighted by Crippen LogP contribution is -2.43. The van der Waals surface area contributed by atoms with Gasteiger partial charge in [0.25, 0.3) is 0 Å². The van der Waals surface area contributed by atoms with Gasteiger partial charge in [-0.1, -0.05) is 63.9 Å². The lowest BCUT2D eigenvalue weighted by molar-refractivity contribution is -0.126. The predicted molar refractivity (Wildman–Crippen MR) is 143 cm³/mol. The number of amides is 2. The van der Waals surface area contributed by atoms with E-state index in [1.165, 1.54) is 6.07 Å². The first-order valence-corrected chi connectivity index (χ1v) is 14.1. The van der Waals surface area contributed by atoms with Crippen LogP contribution in [-0.4, -0.2) is 43.7 Å². The lowest BCUT2D eigenvalue weighted by atomic mass is 10.2. The number of sulfonamides is 1. The fourth-order valence-corrected chi connectivity index (χ4v) is 6.12. The highest BCUT2D eigenvalue weighted by atomic mass is 79.9. The number of hydrogen-bond acceptors (Lipinski definition) is 4. The van der Waals surface area contributed by atoms with Crippen molar-refractivity contribution in [2.24, 2.45) is 0 Å². The van der Waals surface area contributed by atoms with Crippen LogP contribution in [-0.2, 0) is 26.2 Å². The maximum absolute atomic E-state index is 14.5. The molecule has 0 aromatic heterocycles. The van der Waals surface area contributed by atoms with E-state index in [0.717, 1.165) is 26.6 Å². The first-order valence-electron chi connectivity index (χ1n) is 11.5. The third-order valence-corrected chi connectivity index (χ3v) is 8.57. The minimum atomic E-state index is -4.29. The number of hydrogen-bond donors (Lipinski definition) is 1. The van der Waals surface area contributed by atoms with Crippen LogP contribution in [0.1, 0.15) is 18.4 Å². The Balaban J connectivity index is 1.46. The first kappa shape index (κ1) is 27.3. The Morgan fingerprint density at radius 2 is 1.86 bits per heavy atom. The van der Waals surface area contributed by atoms with Gasteiger partial charge in [0.2, 0.25) is 21.8 Å². The number of carbonyl (C=O) groups excluding carboxylic acids is 2. The maximum Gasteiger partial charge on any atom is 0.249 e. The van der Waals surface area contributed by atoms with E-state index in [1.54, 1.807) is 35.2 Å². The van der Waals surface area contributed by atoms with E-state index in [4.69, 9.17) is 11.6 Å². The van der Waals surface area contributed by atoms with Gasteiger partial charge in [-0.3, -0.25) is 9.59 Å². The van der Waals surface area contributed by atoms with Crippen molar-refractivity contribution in [1.82, 2.24) is 9.62 Å². The van der Waals surface area contributed by atoms with Crippen LogP contribution in [0.15, 0.2) is 82.2 Å². The zero-order valence-electron chi connectivity index (χ0n) is 19.6. The van der Waals surface area contributed by atoms with Gasteiger partial charge < -0.3 is 10.2 Å². The average Bonchev–Trinajstić information content (AvgIpc) is 3.21. The second-order valence-corrected chi connectivity index (χ2v) is 11.8. The normalized spacial score (nSPS) is 15.8. The van der Waals surface area contributed by atoms with Gasteiger partial charge >= 0.3 is 0 Å². The third-order valence-electron chi connectivity index (χ3n) is 5.96. The minimum Gasteiger partial charge on any atom is -0.344 e. The number of carbonyl (C=O) groups is 2. The van der Waals surface area contributed by atoms with E-state index in [-0.39, 0.29) is 30.4 Å². The molecule has 0 bridgehead atoms. The Hall–Kier alpha value is -2.79. The van der Waals surface area contributed by atoms with Crippen molar-refractivity contribution in [3.05, 3.63) is 93.7 Å². The topological polar surface area (TPSA) is 86.8 Å². The van der Waals surface area contributed by atoms with Crippen molar-refractivity contribution in [1.29, 1.82) is 0 Å². The quantitative estimate of drug-likeness (QED) is 0.380. The minimum absolute atomic E-state index is 0.0580. The Kier molecular flexibility index (Phi) is 8.63. The summed E-state index contributed by atoms with van der Waals surface area (Å²) in [6.45, 7) is 0.184. The molecule has 1 saturated heterocycles. The number of rotatable bonds is 9. The number of nitrogens with one attached hydrogen (secondary N) is 1. The highest BCUT2D eigenvalue weighted by Crippen LogP contribution is 2.26. The number of nitrogens with zero attached hydrogens (tertiary/aromatic N) is 2. The smallest absolute Gasteiger partial charge is 0.249 e. The molecule has 1 unspecified atom stereocenters. The van der Waals surface area contributed by atoms with Crippen LogP contribution in [0, 0.1) is 5.82 Å². The molecule has 37 heavy (non-hydrogen) atoms. The Labute approximate surface area is 228 Å². The summed E-state index contributed by atoms with van der Waals surface area (Å²) < 4.78 is 43.1. The highest BCUT2D eigenvalue weighted by Gasteiger charge is 2.34. The van der Waals surface area contributed by atoms with Crippen molar-refractivity contribution < 1.29 is 22.4 Å². The second-order valence-electron chi connectivity index (χ2n) is 8.53. The standard InChI is InChI=1S/C26H24BrClFN3O4S/c27-19-7-4-8-21(15-19)32-14-11-23(26(32)34)30-25(33)12-13-31(17-18-5-2-1-3-6-18)37(35,36)24-10-9-20(28)16-22(24)29/h1-10,15-16,23H,11-14,17H2,(H,30,33). The molecule has 1 aliphatic rings. The molecule has 7 nitrogen and oxygen atoms in total. The van der Waals surface area contributed by atoms with Gasteiger partial charge in [0.05, 0.1) is 0 Å². The van der Waals surface area contributed by atoms with Crippen LogP contribution in [0.5, 0.6) is 0 Å². The van der Waals surface area contributed by atoms with Gasteiger partial charge in [-0.05, 0) is 48.4 Å². The van der Waals surface area contributed by atoms with E-state index >= 15 is 0 Å². The first-order chi connectivity index (χ1) is 17.6. The Morgan fingerprint density at radius 3 is 2.57 bits per heavy atom. The van der Waals surface area contributed by atoms with Crippen molar-refractivity contribution in [2.45, 2.75) is 30.3 Å². The predicted octanol–water partition coefficient (Wildman–Crippen LogP) is 4.74. The summed E-state index contributed by atoms with van der Waals surface area (Å²) in [6, 6.07) is 18.8. The molecule has 3 aromatic carbocycles. The molecule has 1 atom stereocenters. The molecule has 1 N–H and O–H groups in total. The molecule has 0 spiro atoms. The molecule has 0 saturated carbocycles. The summed E-state index contributed by atoms with van der Waals surface area (Å²) >= 11 is 9.19. The summed E-state index contributed by atoms with van der Waals surface area (Å²) in [5.74, 6) is -1.68. The Bertz CT molecular complexity index is 1410. The fraction of sp³-hybridized carbons (Fsp3) is 0.231. The monoisotopic (exact) mass is 607 g/mol. The van der Waals surface area contributed by atoms with Gasteiger partial charge in [0, 0.05) is 41.2 Å². The van der Waals surface area contributed by atoms with Crippen LogP contribution in [0.4, 0.5) is 10.1 Å². The van der Waals surface area contributed by atoms with Crippen LogP contribution in [0.2, 0.25) is 5.02 Å². The molecule has 11 heteroatoms. The summed E-state index contributed by atoms with van der Waals surface area (Å²) in [6.07, 6.45) is 0.223. The summed E-state index contributed by atoms with van der Waals surface area (Å²) in [5, 5.41) is 2.79. The van der Waals surface area contributed by atoms with Crippen molar-refractivity contribution in [2.75, 3.05) is 18.0 Å². The van der Waals surface area contributed by atoms with Crippen molar-refractivity contribution in [3.63, 3.8) is 0 Å². The summed E-state index contributed by atoms with van der Waals surface area (Å²) in [4.78, 5) is 26.7. The van der Waals surface area contributed by atoms with Gasteiger partial charge in [-0.2, -0.15) is 4.31 Å². The average molecular weight is 609 g/mol. The third kappa shape index (κ3) is 6.56. The molecule has 1 aliphatic heterocycles. The number of benzene rings is 3. The van der Waals surface area contributed by atoms with Crippen molar-refractivity contribution in [3.8, 4) is 0 Å². The van der Waals surface area contributed by atoms with E-state index in [2.05, 4.69) is 21.2 Å². The fourth-order valence-electron chi connectivity index (χ4n) is 4.10.